The zero-order chi connectivity index (χ0) is 20.5. The first-order valence-corrected chi connectivity index (χ1v) is 11.9. The van der Waals surface area contributed by atoms with Crippen molar-refractivity contribution in [3.63, 3.8) is 0 Å². The minimum absolute atomic E-state index is 0.433. The summed E-state index contributed by atoms with van der Waals surface area (Å²) in [5.41, 5.74) is 1.12. The molecule has 5 heteroatoms. The summed E-state index contributed by atoms with van der Waals surface area (Å²) in [6.07, 6.45) is 13.2. The molecule has 0 N–H and O–H groups in total. The zero-order valence-corrected chi connectivity index (χ0v) is 18.1. The number of hydrogen-bond donors (Lipinski definition) is 0. The average molecular weight is 407 g/mol. The molecule has 0 bridgehead atoms. The summed E-state index contributed by atoms with van der Waals surface area (Å²) in [4.78, 5) is 0. The van der Waals surface area contributed by atoms with Crippen molar-refractivity contribution in [2.45, 2.75) is 45.4 Å². The molecule has 0 saturated heterocycles. The molecule has 0 fully saturated rings. The van der Waals surface area contributed by atoms with Crippen molar-refractivity contribution in [2.75, 3.05) is 26.0 Å². The summed E-state index contributed by atoms with van der Waals surface area (Å²) in [6, 6.07) is 7.98. The van der Waals surface area contributed by atoms with Gasteiger partial charge in [0, 0.05) is 0 Å². The molecule has 0 aliphatic heterocycles. The van der Waals surface area contributed by atoms with Crippen LogP contribution in [0.4, 0.5) is 0 Å². The highest BCUT2D eigenvalue weighted by Gasteiger charge is 2.23. The lowest BCUT2D eigenvalue weighted by atomic mass is 10.2. The molecule has 0 atom stereocenters. The topological polar surface area (TPSA) is 44.8 Å². The van der Waals surface area contributed by atoms with Gasteiger partial charge in [-0.05, 0) is 63.1 Å². The van der Waals surface area contributed by atoms with E-state index in [0.717, 1.165) is 49.8 Å². The monoisotopic (exact) mass is 406 g/mol. The standard InChI is InChI=1S/C23H35O4P/c1-4-7-11-19-26-28(24,27-20-12-8-5-2)21-13-9-10-14-22-15-17-23(18-16-22)25-6-3/h4-5,10,14-18H,1-2,6-9,11-13,19-21H2,3H3. The Balaban J connectivity index is 2.43. The van der Waals surface area contributed by atoms with Crippen molar-refractivity contribution in [1.29, 1.82) is 0 Å². The fraction of sp³-hybridized carbons (Fsp3) is 0.478. The number of allylic oxidation sites excluding steroid dienone is 3. The normalized spacial score (nSPS) is 11.6. The van der Waals surface area contributed by atoms with Gasteiger partial charge in [-0.25, -0.2) is 0 Å². The van der Waals surface area contributed by atoms with Gasteiger partial charge in [0.15, 0.2) is 0 Å². The van der Waals surface area contributed by atoms with Gasteiger partial charge in [0.05, 0.1) is 26.0 Å². The van der Waals surface area contributed by atoms with Crippen molar-refractivity contribution in [2.24, 2.45) is 0 Å². The van der Waals surface area contributed by atoms with Gasteiger partial charge >= 0.3 is 7.60 Å². The van der Waals surface area contributed by atoms with Crippen LogP contribution < -0.4 is 4.74 Å². The lowest BCUT2D eigenvalue weighted by molar-refractivity contribution is 0.201. The van der Waals surface area contributed by atoms with E-state index in [0.29, 0.717) is 26.0 Å². The number of unbranched alkanes of at least 4 members (excludes halogenated alkanes) is 3. The summed E-state index contributed by atoms with van der Waals surface area (Å²) in [6.45, 7) is 10.9. The van der Waals surface area contributed by atoms with Crippen molar-refractivity contribution < 1.29 is 18.3 Å². The molecule has 28 heavy (non-hydrogen) atoms. The van der Waals surface area contributed by atoms with Crippen LogP contribution in [0.25, 0.3) is 6.08 Å². The average Bonchev–Trinajstić information content (AvgIpc) is 2.70. The molecule has 0 amide bonds. The summed E-state index contributed by atoms with van der Waals surface area (Å²) in [7, 11) is -3.05. The molecule has 0 aliphatic rings. The Labute approximate surface area is 170 Å². The van der Waals surface area contributed by atoms with Crippen molar-refractivity contribution in [3.8, 4) is 5.75 Å². The van der Waals surface area contributed by atoms with Crippen LogP contribution in [-0.4, -0.2) is 26.0 Å². The van der Waals surface area contributed by atoms with E-state index in [9.17, 15) is 4.57 Å². The Bertz CT molecular complexity index is 602. The van der Waals surface area contributed by atoms with Crippen LogP contribution in [0.3, 0.4) is 0 Å². The molecule has 4 nitrogen and oxygen atoms in total. The second-order valence-electron chi connectivity index (χ2n) is 6.41. The molecule has 0 radical (unpaired) electrons. The van der Waals surface area contributed by atoms with Crippen LogP contribution in [0.2, 0.25) is 0 Å². The lowest BCUT2D eigenvalue weighted by Gasteiger charge is -2.18. The Morgan fingerprint density at radius 3 is 2.07 bits per heavy atom. The summed E-state index contributed by atoms with van der Waals surface area (Å²) >= 11 is 0. The van der Waals surface area contributed by atoms with Crippen molar-refractivity contribution in [3.05, 3.63) is 61.2 Å². The molecular formula is C23H35O4P. The van der Waals surface area contributed by atoms with Crippen LogP contribution in [0.15, 0.2) is 55.7 Å². The second-order valence-corrected chi connectivity index (χ2v) is 8.59. The quantitative estimate of drug-likeness (QED) is 0.158. The van der Waals surface area contributed by atoms with Gasteiger partial charge in [-0.2, -0.15) is 0 Å². The van der Waals surface area contributed by atoms with Gasteiger partial charge in [0.1, 0.15) is 5.75 Å². The zero-order valence-electron chi connectivity index (χ0n) is 17.2. The molecule has 0 saturated carbocycles. The summed E-state index contributed by atoms with van der Waals surface area (Å²) < 4.78 is 29.6. The molecule has 0 unspecified atom stereocenters. The Kier molecular flexibility index (Phi) is 13.4. The molecular weight excluding hydrogens is 371 g/mol. The smallest absolute Gasteiger partial charge is 0.330 e. The van der Waals surface area contributed by atoms with Crippen LogP contribution >= 0.6 is 7.60 Å². The number of ether oxygens (including phenoxy) is 1. The minimum atomic E-state index is -3.05. The van der Waals surface area contributed by atoms with Gasteiger partial charge in [0.2, 0.25) is 0 Å². The van der Waals surface area contributed by atoms with E-state index in [4.69, 9.17) is 13.8 Å². The molecule has 0 aromatic heterocycles. The van der Waals surface area contributed by atoms with Gasteiger partial charge in [0.25, 0.3) is 0 Å². The maximum Gasteiger partial charge on any atom is 0.330 e. The lowest BCUT2D eigenvalue weighted by Crippen LogP contribution is -2.03. The van der Waals surface area contributed by atoms with Gasteiger partial charge in [-0.1, -0.05) is 36.4 Å². The van der Waals surface area contributed by atoms with Crippen LogP contribution in [0.5, 0.6) is 5.75 Å². The van der Waals surface area contributed by atoms with Gasteiger partial charge < -0.3 is 13.8 Å². The fourth-order valence-corrected chi connectivity index (χ4v) is 4.21. The van der Waals surface area contributed by atoms with E-state index < -0.39 is 7.60 Å². The summed E-state index contributed by atoms with van der Waals surface area (Å²) in [5.74, 6) is 0.878. The predicted molar refractivity (Wildman–Crippen MR) is 119 cm³/mol. The van der Waals surface area contributed by atoms with E-state index >= 15 is 0 Å². The number of rotatable bonds is 17. The maximum atomic E-state index is 12.9. The second kappa shape index (κ2) is 15.3. The van der Waals surface area contributed by atoms with E-state index in [2.05, 4.69) is 25.3 Å². The third-order valence-electron chi connectivity index (χ3n) is 3.99. The SMILES string of the molecule is C=CCCCOP(=O)(CCCC=Cc1ccc(OCC)cc1)OCCCC=C. The van der Waals surface area contributed by atoms with Gasteiger partial charge in [-0.3, -0.25) is 4.57 Å². The highest BCUT2D eigenvalue weighted by Crippen LogP contribution is 2.49. The Hall–Kier alpha value is -1.61. The Morgan fingerprint density at radius 1 is 0.929 bits per heavy atom. The van der Waals surface area contributed by atoms with E-state index in [1.165, 1.54) is 0 Å². The van der Waals surface area contributed by atoms with Gasteiger partial charge in [-0.15, -0.1) is 13.2 Å². The molecule has 0 spiro atoms. The third-order valence-corrected chi connectivity index (χ3v) is 6.00. The van der Waals surface area contributed by atoms with E-state index in [1.54, 1.807) is 0 Å². The predicted octanol–water partition coefficient (Wildman–Crippen LogP) is 7.04. The van der Waals surface area contributed by atoms with Crippen molar-refractivity contribution in [1.82, 2.24) is 0 Å². The molecule has 0 heterocycles. The van der Waals surface area contributed by atoms with E-state index in [1.807, 2.05) is 43.3 Å². The molecule has 1 rings (SSSR count). The molecule has 1 aromatic rings. The minimum Gasteiger partial charge on any atom is -0.494 e. The number of hydrogen-bond acceptors (Lipinski definition) is 4. The molecule has 0 aliphatic carbocycles. The van der Waals surface area contributed by atoms with E-state index in [-0.39, 0.29) is 0 Å². The maximum absolute atomic E-state index is 12.9. The molecule has 1 aromatic carbocycles. The highest BCUT2D eigenvalue weighted by molar-refractivity contribution is 7.53. The van der Waals surface area contributed by atoms with Crippen LogP contribution in [0, 0.1) is 0 Å². The first-order valence-electron chi connectivity index (χ1n) is 10.1. The first kappa shape index (κ1) is 24.4. The Morgan fingerprint density at radius 2 is 1.54 bits per heavy atom. The number of benzene rings is 1. The fourth-order valence-electron chi connectivity index (χ4n) is 2.49. The third kappa shape index (κ3) is 11.3. The van der Waals surface area contributed by atoms with Crippen molar-refractivity contribution >= 4 is 13.7 Å². The highest BCUT2D eigenvalue weighted by atomic mass is 31.2. The van der Waals surface area contributed by atoms with Crippen LogP contribution in [-0.2, 0) is 13.6 Å². The largest absolute Gasteiger partial charge is 0.494 e. The molecule has 156 valence electrons. The first-order chi connectivity index (χ1) is 13.6. The van der Waals surface area contributed by atoms with Crippen LogP contribution in [0.1, 0.15) is 51.0 Å². The summed E-state index contributed by atoms with van der Waals surface area (Å²) in [5, 5.41) is 0.